The second-order valence-electron chi connectivity index (χ2n) is 5.31. The van der Waals surface area contributed by atoms with E-state index in [0.29, 0.717) is 5.92 Å². The summed E-state index contributed by atoms with van der Waals surface area (Å²) in [5.41, 5.74) is 0.239. The van der Waals surface area contributed by atoms with E-state index in [1.165, 1.54) is 18.2 Å². The number of rotatable bonds is 7. The van der Waals surface area contributed by atoms with Crippen LogP contribution in [0, 0.1) is 17.7 Å². The summed E-state index contributed by atoms with van der Waals surface area (Å²) in [7, 11) is 0. The molecule has 0 aliphatic heterocycles. The van der Waals surface area contributed by atoms with Crippen LogP contribution in [0.2, 0.25) is 0 Å². The van der Waals surface area contributed by atoms with Crippen LogP contribution in [0.15, 0.2) is 24.3 Å². The Bertz CT molecular complexity index is 474. The van der Waals surface area contributed by atoms with Crippen molar-refractivity contribution >= 4 is 11.9 Å². The lowest BCUT2D eigenvalue weighted by molar-refractivity contribution is -0.138. The molecule has 20 heavy (non-hydrogen) atoms. The van der Waals surface area contributed by atoms with Crippen molar-refractivity contribution in [3.05, 3.63) is 35.6 Å². The highest BCUT2D eigenvalue weighted by molar-refractivity contribution is 5.94. The topological polar surface area (TPSA) is 66.4 Å². The second kappa shape index (κ2) is 7.62. The smallest absolute Gasteiger partial charge is 0.303 e. The van der Waals surface area contributed by atoms with E-state index in [2.05, 4.69) is 5.32 Å². The summed E-state index contributed by atoms with van der Waals surface area (Å²) in [6, 6.07) is 5.41. The Kier molecular flexibility index (Phi) is 6.15. The molecule has 1 atom stereocenters. The molecule has 1 amide bonds. The predicted molar refractivity (Wildman–Crippen MR) is 73.9 cm³/mol. The molecule has 1 aromatic carbocycles. The van der Waals surface area contributed by atoms with Gasteiger partial charge in [0.2, 0.25) is 0 Å². The fourth-order valence-corrected chi connectivity index (χ4v) is 2.12. The zero-order valence-electron chi connectivity index (χ0n) is 11.7. The molecule has 1 rings (SSSR count). The third kappa shape index (κ3) is 5.82. The first kappa shape index (κ1) is 16.1. The van der Waals surface area contributed by atoms with Gasteiger partial charge in [-0.25, -0.2) is 4.39 Å². The Morgan fingerprint density at radius 1 is 1.35 bits per heavy atom. The number of benzene rings is 1. The quantitative estimate of drug-likeness (QED) is 0.807. The lowest BCUT2D eigenvalue weighted by atomic mass is 9.94. The number of carbonyl (C=O) groups excluding carboxylic acids is 1. The number of hydrogen-bond acceptors (Lipinski definition) is 2. The molecular formula is C15H20FNO3. The maximum Gasteiger partial charge on any atom is 0.303 e. The number of carboxylic acid groups (broad SMARTS) is 1. The summed E-state index contributed by atoms with van der Waals surface area (Å²) >= 11 is 0. The summed E-state index contributed by atoms with van der Waals surface area (Å²) in [6.45, 7) is 4.28. The number of carboxylic acids is 1. The number of hydrogen-bond donors (Lipinski definition) is 2. The lowest BCUT2D eigenvalue weighted by Crippen LogP contribution is -2.31. The van der Waals surface area contributed by atoms with E-state index in [9.17, 15) is 14.0 Å². The average Bonchev–Trinajstić information content (AvgIpc) is 2.34. The summed E-state index contributed by atoms with van der Waals surface area (Å²) in [6.07, 6.45) is 0.733. The molecule has 0 aromatic heterocycles. The van der Waals surface area contributed by atoms with Gasteiger partial charge in [-0.3, -0.25) is 9.59 Å². The largest absolute Gasteiger partial charge is 0.481 e. The zero-order valence-corrected chi connectivity index (χ0v) is 11.7. The Balaban J connectivity index is 2.57. The van der Waals surface area contributed by atoms with Gasteiger partial charge in [-0.2, -0.15) is 0 Å². The van der Waals surface area contributed by atoms with Crippen molar-refractivity contribution in [3.63, 3.8) is 0 Å². The van der Waals surface area contributed by atoms with Crippen LogP contribution in [0.25, 0.3) is 0 Å². The molecule has 0 heterocycles. The van der Waals surface area contributed by atoms with Crippen molar-refractivity contribution in [2.24, 2.45) is 11.8 Å². The molecule has 110 valence electrons. The highest BCUT2D eigenvalue weighted by Gasteiger charge is 2.16. The normalized spacial score (nSPS) is 12.2. The monoisotopic (exact) mass is 281 g/mol. The van der Waals surface area contributed by atoms with E-state index in [-0.39, 0.29) is 30.4 Å². The molecular weight excluding hydrogens is 261 g/mol. The minimum Gasteiger partial charge on any atom is -0.481 e. The molecule has 0 saturated carbocycles. The standard InChI is InChI=1S/C15H20FNO3/c1-10(2)6-11(7-14(18)19)9-17-15(20)12-4-3-5-13(16)8-12/h3-5,8,10-11H,6-7,9H2,1-2H3,(H,17,20)(H,18,19)/t11-/m0/s1. The van der Waals surface area contributed by atoms with Gasteiger partial charge < -0.3 is 10.4 Å². The molecule has 0 saturated heterocycles. The molecule has 0 fully saturated rings. The summed E-state index contributed by atoms with van der Waals surface area (Å²) in [5.74, 6) is -1.50. The minimum absolute atomic E-state index is 0.0155. The Labute approximate surface area is 118 Å². The van der Waals surface area contributed by atoms with Crippen LogP contribution in [-0.4, -0.2) is 23.5 Å². The summed E-state index contributed by atoms with van der Waals surface area (Å²) in [4.78, 5) is 22.6. The van der Waals surface area contributed by atoms with E-state index in [1.54, 1.807) is 0 Å². The molecule has 1 aromatic rings. The molecule has 2 N–H and O–H groups in total. The average molecular weight is 281 g/mol. The van der Waals surface area contributed by atoms with Crippen molar-refractivity contribution in [3.8, 4) is 0 Å². The highest BCUT2D eigenvalue weighted by atomic mass is 19.1. The van der Waals surface area contributed by atoms with Crippen molar-refractivity contribution in [2.75, 3.05) is 6.54 Å². The van der Waals surface area contributed by atoms with Crippen LogP contribution in [0.5, 0.6) is 0 Å². The van der Waals surface area contributed by atoms with Gasteiger partial charge in [0.05, 0.1) is 0 Å². The van der Waals surface area contributed by atoms with Gasteiger partial charge >= 0.3 is 5.97 Å². The van der Waals surface area contributed by atoms with E-state index in [0.717, 1.165) is 12.5 Å². The molecule has 5 heteroatoms. The first-order chi connectivity index (χ1) is 9.38. The minimum atomic E-state index is -0.879. The van der Waals surface area contributed by atoms with Gasteiger partial charge in [-0.15, -0.1) is 0 Å². The number of aliphatic carboxylic acids is 1. The predicted octanol–water partition coefficient (Wildman–Crippen LogP) is 2.69. The highest BCUT2D eigenvalue weighted by Crippen LogP contribution is 2.15. The van der Waals surface area contributed by atoms with E-state index in [1.807, 2.05) is 13.8 Å². The van der Waals surface area contributed by atoms with Crippen LogP contribution >= 0.6 is 0 Å². The van der Waals surface area contributed by atoms with Crippen molar-refractivity contribution in [2.45, 2.75) is 26.7 Å². The Hall–Kier alpha value is -1.91. The molecule has 0 aliphatic rings. The van der Waals surface area contributed by atoms with Gasteiger partial charge in [-0.1, -0.05) is 19.9 Å². The van der Waals surface area contributed by atoms with Gasteiger partial charge in [0.1, 0.15) is 5.82 Å². The first-order valence-corrected chi connectivity index (χ1v) is 6.64. The van der Waals surface area contributed by atoms with Crippen LogP contribution in [0.3, 0.4) is 0 Å². The molecule has 0 spiro atoms. The van der Waals surface area contributed by atoms with E-state index in [4.69, 9.17) is 5.11 Å². The third-order valence-electron chi connectivity index (χ3n) is 2.91. The number of carbonyl (C=O) groups is 2. The molecule has 4 nitrogen and oxygen atoms in total. The Morgan fingerprint density at radius 2 is 2.05 bits per heavy atom. The summed E-state index contributed by atoms with van der Waals surface area (Å²) < 4.78 is 13.0. The van der Waals surface area contributed by atoms with Gasteiger partial charge in [0.25, 0.3) is 5.91 Å². The van der Waals surface area contributed by atoms with Crippen molar-refractivity contribution in [1.82, 2.24) is 5.32 Å². The van der Waals surface area contributed by atoms with Gasteiger partial charge in [0.15, 0.2) is 0 Å². The lowest BCUT2D eigenvalue weighted by Gasteiger charge is -2.17. The van der Waals surface area contributed by atoms with Crippen LogP contribution in [0.1, 0.15) is 37.0 Å². The maximum absolute atomic E-state index is 13.0. The second-order valence-corrected chi connectivity index (χ2v) is 5.31. The van der Waals surface area contributed by atoms with Crippen molar-refractivity contribution in [1.29, 1.82) is 0 Å². The van der Waals surface area contributed by atoms with Crippen LogP contribution in [-0.2, 0) is 4.79 Å². The third-order valence-corrected chi connectivity index (χ3v) is 2.91. The SMILES string of the molecule is CC(C)C[C@H](CNC(=O)c1cccc(F)c1)CC(=O)O. The van der Waals surface area contributed by atoms with Crippen molar-refractivity contribution < 1.29 is 19.1 Å². The van der Waals surface area contributed by atoms with Gasteiger partial charge in [0, 0.05) is 18.5 Å². The number of amides is 1. The Morgan fingerprint density at radius 3 is 2.60 bits per heavy atom. The van der Waals surface area contributed by atoms with E-state index < -0.39 is 11.8 Å². The zero-order chi connectivity index (χ0) is 15.1. The first-order valence-electron chi connectivity index (χ1n) is 6.64. The summed E-state index contributed by atoms with van der Waals surface area (Å²) in [5, 5.41) is 11.5. The molecule has 0 unspecified atom stereocenters. The molecule has 0 bridgehead atoms. The van der Waals surface area contributed by atoms with Gasteiger partial charge in [-0.05, 0) is 36.5 Å². The maximum atomic E-state index is 13.0. The van der Waals surface area contributed by atoms with Crippen LogP contribution in [0.4, 0.5) is 4.39 Å². The van der Waals surface area contributed by atoms with Crippen LogP contribution < -0.4 is 5.32 Å². The van der Waals surface area contributed by atoms with E-state index >= 15 is 0 Å². The molecule has 0 radical (unpaired) electrons. The fourth-order valence-electron chi connectivity index (χ4n) is 2.12. The number of halogens is 1. The fraction of sp³-hybridized carbons (Fsp3) is 0.467. The number of nitrogens with one attached hydrogen (secondary N) is 1. The molecule has 0 aliphatic carbocycles.